The Bertz CT molecular complexity index is 459. The summed E-state index contributed by atoms with van der Waals surface area (Å²) in [4.78, 5) is 2.61. The maximum atomic E-state index is 9.17. The first-order valence-corrected chi connectivity index (χ1v) is 7.34. The van der Waals surface area contributed by atoms with Crippen LogP contribution in [0.15, 0.2) is 29.0 Å². The van der Waals surface area contributed by atoms with Gasteiger partial charge in [0.05, 0.1) is 6.61 Å². The Morgan fingerprint density at radius 2 is 2.18 bits per heavy atom. The van der Waals surface area contributed by atoms with Crippen LogP contribution in [0.25, 0.3) is 10.4 Å². The fourth-order valence-corrected chi connectivity index (χ4v) is 3.04. The SMILES string of the molecule is CC(C)(CO)NCc1cc(-c2cccs2)cs1. The summed E-state index contributed by atoms with van der Waals surface area (Å²) < 4.78 is 0. The van der Waals surface area contributed by atoms with Crippen LogP contribution >= 0.6 is 22.7 Å². The molecule has 92 valence electrons. The van der Waals surface area contributed by atoms with Gasteiger partial charge in [0, 0.05) is 27.4 Å². The number of rotatable bonds is 5. The molecule has 0 aliphatic rings. The van der Waals surface area contributed by atoms with E-state index in [9.17, 15) is 5.11 Å². The molecule has 0 amide bonds. The Morgan fingerprint density at radius 1 is 1.35 bits per heavy atom. The van der Waals surface area contributed by atoms with E-state index in [2.05, 4.69) is 34.3 Å². The zero-order valence-electron chi connectivity index (χ0n) is 10.1. The number of hydrogen-bond acceptors (Lipinski definition) is 4. The summed E-state index contributed by atoms with van der Waals surface area (Å²) in [5, 5.41) is 16.8. The van der Waals surface area contributed by atoms with Gasteiger partial charge in [-0.3, -0.25) is 0 Å². The molecular formula is C13H17NOS2. The van der Waals surface area contributed by atoms with E-state index in [-0.39, 0.29) is 12.1 Å². The topological polar surface area (TPSA) is 32.3 Å². The number of aliphatic hydroxyl groups excluding tert-OH is 1. The van der Waals surface area contributed by atoms with Gasteiger partial charge in [-0.2, -0.15) is 0 Å². The molecule has 0 radical (unpaired) electrons. The van der Waals surface area contributed by atoms with Crippen molar-refractivity contribution in [3.05, 3.63) is 33.8 Å². The number of nitrogens with one attached hydrogen (secondary N) is 1. The molecular weight excluding hydrogens is 250 g/mol. The standard InChI is InChI=1S/C13H17NOS2/c1-13(2,9-15)14-7-11-6-10(8-17-11)12-4-3-5-16-12/h3-6,8,14-15H,7,9H2,1-2H3. The molecule has 2 aromatic heterocycles. The van der Waals surface area contributed by atoms with E-state index in [4.69, 9.17) is 0 Å². The van der Waals surface area contributed by atoms with Gasteiger partial charge < -0.3 is 10.4 Å². The molecule has 0 saturated heterocycles. The Balaban J connectivity index is 2.00. The highest BCUT2D eigenvalue weighted by molar-refractivity contribution is 7.14. The maximum absolute atomic E-state index is 9.17. The summed E-state index contributed by atoms with van der Waals surface area (Å²) >= 11 is 3.53. The predicted molar refractivity (Wildman–Crippen MR) is 75.6 cm³/mol. The monoisotopic (exact) mass is 267 g/mol. The molecule has 0 aliphatic heterocycles. The van der Waals surface area contributed by atoms with Crippen molar-refractivity contribution in [1.29, 1.82) is 0 Å². The van der Waals surface area contributed by atoms with Gasteiger partial charge in [-0.25, -0.2) is 0 Å². The van der Waals surface area contributed by atoms with Gasteiger partial charge in [0.1, 0.15) is 0 Å². The third-order valence-electron chi connectivity index (χ3n) is 2.60. The van der Waals surface area contributed by atoms with Gasteiger partial charge in [0.25, 0.3) is 0 Å². The molecule has 2 heterocycles. The molecule has 0 saturated carbocycles. The Morgan fingerprint density at radius 3 is 2.82 bits per heavy atom. The third kappa shape index (κ3) is 3.39. The molecule has 0 atom stereocenters. The van der Waals surface area contributed by atoms with Crippen LogP contribution in [0.1, 0.15) is 18.7 Å². The second kappa shape index (κ2) is 5.31. The van der Waals surface area contributed by atoms with Crippen molar-refractivity contribution in [3.8, 4) is 10.4 Å². The van der Waals surface area contributed by atoms with E-state index in [0.29, 0.717) is 0 Å². The number of thiophene rings is 2. The summed E-state index contributed by atoms with van der Waals surface area (Å²) in [6.45, 7) is 4.96. The molecule has 17 heavy (non-hydrogen) atoms. The van der Waals surface area contributed by atoms with Gasteiger partial charge in [-0.05, 0) is 36.7 Å². The lowest BCUT2D eigenvalue weighted by Gasteiger charge is -2.22. The van der Waals surface area contributed by atoms with E-state index >= 15 is 0 Å². The van der Waals surface area contributed by atoms with E-state index in [1.807, 2.05) is 13.8 Å². The molecule has 0 aliphatic carbocycles. The Kier molecular flexibility index (Phi) is 3.99. The largest absolute Gasteiger partial charge is 0.394 e. The molecule has 4 heteroatoms. The summed E-state index contributed by atoms with van der Waals surface area (Å²) in [6, 6.07) is 6.43. The maximum Gasteiger partial charge on any atom is 0.0607 e. The molecule has 2 aromatic rings. The smallest absolute Gasteiger partial charge is 0.0607 e. The van der Waals surface area contributed by atoms with E-state index in [1.54, 1.807) is 22.7 Å². The minimum atomic E-state index is -0.215. The zero-order chi connectivity index (χ0) is 12.3. The molecule has 2 nitrogen and oxygen atoms in total. The first kappa shape index (κ1) is 12.8. The molecule has 0 aromatic carbocycles. The quantitative estimate of drug-likeness (QED) is 0.871. The van der Waals surface area contributed by atoms with E-state index < -0.39 is 0 Å². The highest BCUT2D eigenvalue weighted by atomic mass is 32.1. The van der Waals surface area contributed by atoms with Crippen molar-refractivity contribution < 1.29 is 5.11 Å². The van der Waals surface area contributed by atoms with Crippen LogP contribution in [-0.4, -0.2) is 17.3 Å². The molecule has 0 spiro atoms. The highest BCUT2D eigenvalue weighted by Crippen LogP contribution is 2.29. The fourth-order valence-electron chi connectivity index (χ4n) is 1.43. The number of aliphatic hydroxyl groups is 1. The van der Waals surface area contributed by atoms with Crippen molar-refractivity contribution in [3.63, 3.8) is 0 Å². The zero-order valence-corrected chi connectivity index (χ0v) is 11.7. The first-order chi connectivity index (χ1) is 8.11. The van der Waals surface area contributed by atoms with Crippen LogP contribution in [0.5, 0.6) is 0 Å². The first-order valence-electron chi connectivity index (χ1n) is 5.58. The van der Waals surface area contributed by atoms with E-state index in [1.165, 1.54) is 15.3 Å². The lowest BCUT2D eigenvalue weighted by atomic mass is 10.1. The fraction of sp³-hybridized carbons (Fsp3) is 0.385. The average molecular weight is 267 g/mol. The molecule has 0 unspecified atom stereocenters. The summed E-state index contributed by atoms with van der Waals surface area (Å²) in [5.41, 5.74) is 1.08. The van der Waals surface area contributed by atoms with Gasteiger partial charge in [0.15, 0.2) is 0 Å². The minimum Gasteiger partial charge on any atom is -0.394 e. The second-order valence-electron chi connectivity index (χ2n) is 4.67. The van der Waals surface area contributed by atoms with Crippen LogP contribution in [0, 0.1) is 0 Å². The predicted octanol–water partition coefficient (Wildman–Crippen LogP) is 3.34. The van der Waals surface area contributed by atoms with E-state index in [0.717, 1.165) is 6.54 Å². The summed E-state index contributed by atoms with van der Waals surface area (Å²) in [7, 11) is 0. The lowest BCUT2D eigenvalue weighted by molar-refractivity contribution is 0.188. The summed E-state index contributed by atoms with van der Waals surface area (Å²) in [6.07, 6.45) is 0. The average Bonchev–Trinajstić information content (AvgIpc) is 2.97. The van der Waals surface area contributed by atoms with Crippen LogP contribution in [-0.2, 0) is 6.54 Å². The number of hydrogen-bond donors (Lipinski definition) is 2. The molecule has 0 bridgehead atoms. The third-order valence-corrected chi connectivity index (χ3v) is 4.45. The van der Waals surface area contributed by atoms with Crippen LogP contribution in [0.3, 0.4) is 0 Å². The van der Waals surface area contributed by atoms with Gasteiger partial charge >= 0.3 is 0 Å². The minimum absolute atomic E-state index is 0.149. The van der Waals surface area contributed by atoms with Gasteiger partial charge in [-0.15, -0.1) is 22.7 Å². The van der Waals surface area contributed by atoms with Gasteiger partial charge in [0.2, 0.25) is 0 Å². The molecule has 2 rings (SSSR count). The van der Waals surface area contributed by atoms with Gasteiger partial charge in [-0.1, -0.05) is 6.07 Å². The highest BCUT2D eigenvalue weighted by Gasteiger charge is 2.15. The van der Waals surface area contributed by atoms with Crippen molar-refractivity contribution in [2.24, 2.45) is 0 Å². The van der Waals surface area contributed by atoms with Crippen LogP contribution in [0.2, 0.25) is 0 Å². The Hall–Kier alpha value is -0.680. The van der Waals surface area contributed by atoms with Crippen molar-refractivity contribution in [2.45, 2.75) is 25.9 Å². The van der Waals surface area contributed by atoms with Crippen LogP contribution in [0.4, 0.5) is 0 Å². The molecule has 0 fully saturated rings. The Labute approximate surface area is 110 Å². The normalized spacial score (nSPS) is 11.9. The van der Waals surface area contributed by atoms with Crippen molar-refractivity contribution in [1.82, 2.24) is 5.32 Å². The van der Waals surface area contributed by atoms with Crippen molar-refractivity contribution >= 4 is 22.7 Å². The second-order valence-corrected chi connectivity index (χ2v) is 6.62. The lowest BCUT2D eigenvalue weighted by Crippen LogP contribution is -2.41. The van der Waals surface area contributed by atoms with Crippen LogP contribution < -0.4 is 5.32 Å². The molecule has 2 N–H and O–H groups in total. The summed E-state index contributed by atoms with van der Waals surface area (Å²) in [5.74, 6) is 0. The van der Waals surface area contributed by atoms with Crippen molar-refractivity contribution in [2.75, 3.05) is 6.61 Å².